The molecule has 0 aliphatic heterocycles. The van der Waals surface area contributed by atoms with E-state index in [4.69, 9.17) is 4.74 Å². The van der Waals surface area contributed by atoms with Gasteiger partial charge in [0.25, 0.3) is 0 Å². The average molecular weight is 478 g/mol. The van der Waals surface area contributed by atoms with Crippen LogP contribution in [0.25, 0.3) is 0 Å². The molecule has 0 aliphatic rings. The summed E-state index contributed by atoms with van der Waals surface area (Å²) in [6, 6.07) is 8.44. The van der Waals surface area contributed by atoms with Gasteiger partial charge in [0, 0.05) is 24.3 Å². The molecule has 0 atom stereocenters. The lowest BCUT2D eigenvalue weighted by atomic mass is 10.1. The van der Waals surface area contributed by atoms with E-state index in [1.165, 1.54) is 12.1 Å². The van der Waals surface area contributed by atoms with Crippen molar-refractivity contribution >= 4 is 11.9 Å². The van der Waals surface area contributed by atoms with Crippen LogP contribution < -0.4 is 9.47 Å². The van der Waals surface area contributed by atoms with Gasteiger partial charge in [0.05, 0.1) is 5.56 Å². The summed E-state index contributed by atoms with van der Waals surface area (Å²) in [7, 11) is 0. The van der Waals surface area contributed by atoms with Crippen molar-refractivity contribution in [1.29, 1.82) is 0 Å². The third-order valence-electron chi connectivity index (χ3n) is 4.86. The maximum absolute atomic E-state index is 14.4. The van der Waals surface area contributed by atoms with Crippen LogP contribution in [0.2, 0.25) is 0 Å². The molecule has 0 heterocycles. The summed E-state index contributed by atoms with van der Waals surface area (Å²) in [6.45, 7) is 2.09. The normalized spacial score (nSPS) is 10.8. The Labute approximate surface area is 191 Å². The van der Waals surface area contributed by atoms with Gasteiger partial charge in [0.15, 0.2) is 17.5 Å². The van der Waals surface area contributed by atoms with E-state index < -0.39 is 58.1 Å². The molecule has 34 heavy (non-hydrogen) atoms. The lowest BCUT2D eigenvalue weighted by Crippen LogP contribution is -2.15. The molecule has 0 radical (unpaired) electrons. The molecule has 0 unspecified atom stereocenters. The molecular weight excluding hydrogens is 459 g/mol. The van der Waals surface area contributed by atoms with Crippen LogP contribution in [0.4, 0.5) is 22.0 Å². The molecule has 0 aliphatic carbocycles. The summed E-state index contributed by atoms with van der Waals surface area (Å²) in [4.78, 5) is 24.4. The Bertz CT molecular complexity index is 1160. The van der Waals surface area contributed by atoms with E-state index in [1.807, 2.05) is 0 Å². The first kappa shape index (κ1) is 24.9. The molecule has 3 aromatic carbocycles. The van der Waals surface area contributed by atoms with Gasteiger partial charge in [-0.15, -0.1) is 0 Å². The van der Waals surface area contributed by atoms with Crippen molar-refractivity contribution in [1.82, 2.24) is 0 Å². The van der Waals surface area contributed by atoms with Crippen molar-refractivity contribution in [3.63, 3.8) is 0 Å². The SMILES string of the molecule is CCCCCc1ccc(C(=O)Oc2cc(F)c(C(=O)Oc3cc(F)c(F)c(F)c3)c(F)c2)cc1. The number of ether oxygens (including phenoxy) is 2. The number of esters is 2. The van der Waals surface area contributed by atoms with Crippen LogP contribution in [0, 0.1) is 29.1 Å². The van der Waals surface area contributed by atoms with Crippen LogP contribution in [0.3, 0.4) is 0 Å². The van der Waals surface area contributed by atoms with Gasteiger partial charge in [0.2, 0.25) is 0 Å². The number of aryl methyl sites for hydroxylation is 1. The van der Waals surface area contributed by atoms with Crippen molar-refractivity contribution in [2.24, 2.45) is 0 Å². The summed E-state index contributed by atoms with van der Waals surface area (Å²) < 4.78 is 77.8. The van der Waals surface area contributed by atoms with Gasteiger partial charge in [0.1, 0.15) is 28.7 Å². The topological polar surface area (TPSA) is 52.6 Å². The number of rotatable bonds is 8. The third kappa shape index (κ3) is 5.98. The van der Waals surface area contributed by atoms with E-state index in [2.05, 4.69) is 11.7 Å². The molecule has 0 amide bonds. The smallest absolute Gasteiger partial charge is 0.349 e. The summed E-state index contributed by atoms with van der Waals surface area (Å²) in [5.74, 6) is -11.8. The van der Waals surface area contributed by atoms with Crippen LogP contribution >= 0.6 is 0 Å². The monoisotopic (exact) mass is 478 g/mol. The van der Waals surface area contributed by atoms with Crippen LogP contribution in [0.1, 0.15) is 52.5 Å². The molecule has 9 heteroatoms. The second-order valence-electron chi connectivity index (χ2n) is 7.40. The molecule has 0 bridgehead atoms. The first-order valence-corrected chi connectivity index (χ1v) is 10.4. The van der Waals surface area contributed by atoms with Gasteiger partial charge in [-0.25, -0.2) is 31.5 Å². The fraction of sp³-hybridized carbons (Fsp3) is 0.200. The number of hydrogen-bond acceptors (Lipinski definition) is 4. The minimum atomic E-state index is -1.80. The second kappa shape index (κ2) is 10.9. The van der Waals surface area contributed by atoms with Crippen LogP contribution in [0.5, 0.6) is 11.5 Å². The Morgan fingerprint density at radius 3 is 1.74 bits per heavy atom. The van der Waals surface area contributed by atoms with E-state index >= 15 is 0 Å². The zero-order valence-corrected chi connectivity index (χ0v) is 18.0. The zero-order valence-electron chi connectivity index (χ0n) is 18.0. The Kier molecular flexibility index (Phi) is 7.99. The van der Waals surface area contributed by atoms with E-state index in [0.717, 1.165) is 31.2 Å². The molecule has 3 rings (SSSR count). The maximum atomic E-state index is 14.4. The Morgan fingerprint density at radius 2 is 1.21 bits per heavy atom. The molecule has 178 valence electrons. The average Bonchev–Trinajstić information content (AvgIpc) is 2.77. The Hall–Kier alpha value is -3.75. The standard InChI is InChI=1S/C25H19F5O4/c1-2-3-4-5-14-6-8-15(9-7-14)24(31)33-16-10-18(26)22(19(27)11-16)25(32)34-17-12-20(28)23(30)21(29)13-17/h6-13H,2-5H2,1H3. The number of carbonyl (C=O) groups excluding carboxylic acids is 2. The highest BCUT2D eigenvalue weighted by Crippen LogP contribution is 2.25. The molecule has 0 N–H and O–H groups in total. The van der Waals surface area contributed by atoms with Crippen molar-refractivity contribution in [3.8, 4) is 11.5 Å². The number of unbranched alkanes of at least 4 members (excludes halogenated alkanes) is 2. The number of carbonyl (C=O) groups is 2. The predicted molar refractivity (Wildman–Crippen MR) is 112 cm³/mol. The minimum absolute atomic E-state index is 0.156. The van der Waals surface area contributed by atoms with Gasteiger partial charge in [-0.2, -0.15) is 0 Å². The zero-order chi connectivity index (χ0) is 24.8. The van der Waals surface area contributed by atoms with Crippen molar-refractivity contribution in [2.45, 2.75) is 32.6 Å². The molecule has 3 aromatic rings. The van der Waals surface area contributed by atoms with Gasteiger partial charge < -0.3 is 9.47 Å². The van der Waals surface area contributed by atoms with E-state index in [1.54, 1.807) is 12.1 Å². The summed E-state index contributed by atoms with van der Waals surface area (Å²) in [5.41, 5.74) is -0.00356. The fourth-order valence-electron chi connectivity index (χ4n) is 3.11. The summed E-state index contributed by atoms with van der Waals surface area (Å²) in [5, 5.41) is 0. The maximum Gasteiger partial charge on any atom is 0.349 e. The number of benzene rings is 3. The van der Waals surface area contributed by atoms with E-state index in [-0.39, 0.29) is 5.56 Å². The molecule has 0 saturated heterocycles. The highest BCUT2D eigenvalue weighted by Gasteiger charge is 2.23. The quantitative estimate of drug-likeness (QED) is 0.121. The summed E-state index contributed by atoms with van der Waals surface area (Å²) in [6.07, 6.45) is 4.03. The minimum Gasteiger partial charge on any atom is -0.423 e. The second-order valence-corrected chi connectivity index (χ2v) is 7.40. The molecule has 0 aromatic heterocycles. The first-order chi connectivity index (χ1) is 16.2. The predicted octanol–water partition coefficient (Wildman–Crippen LogP) is 6.55. The van der Waals surface area contributed by atoms with Gasteiger partial charge >= 0.3 is 11.9 Å². The van der Waals surface area contributed by atoms with E-state index in [9.17, 15) is 31.5 Å². The first-order valence-electron chi connectivity index (χ1n) is 10.4. The van der Waals surface area contributed by atoms with Gasteiger partial charge in [-0.05, 0) is 30.5 Å². The Balaban J connectivity index is 1.71. The lowest BCUT2D eigenvalue weighted by Gasteiger charge is -2.10. The van der Waals surface area contributed by atoms with E-state index in [0.29, 0.717) is 24.3 Å². The third-order valence-corrected chi connectivity index (χ3v) is 4.86. The fourth-order valence-corrected chi connectivity index (χ4v) is 3.11. The lowest BCUT2D eigenvalue weighted by molar-refractivity contribution is 0.0723. The van der Waals surface area contributed by atoms with Gasteiger partial charge in [-0.3, -0.25) is 0 Å². The molecular formula is C25H19F5O4. The highest BCUT2D eigenvalue weighted by molar-refractivity contribution is 5.93. The Morgan fingerprint density at radius 1 is 0.706 bits per heavy atom. The number of hydrogen-bond donors (Lipinski definition) is 0. The molecule has 4 nitrogen and oxygen atoms in total. The molecule has 0 fully saturated rings. The van der Waals surface area contributed by atoms with Crippen LogP contribution in [-0.4, -0.2) is 11.9 Å². The molecule has 0 saturated carbocycles. The van der Waals surface area contributed by atoms with Crippen molar-refractivity contribution in [2.75, 3.05) is 0 Å². The summed E-state index contributed by atoms with van der Waals surface area (Å²) >= 11 is 0. The van der Waals surface area contributed by atoms with Crippen LogP contribution in [0.15, 0.2) is 48.5 Å². The van der Waals surface area contributed by atoms with Gasteiger partial charge in [-0.1, -0.05) is 31.9 Å². The highest BCUT2D eigenvalue weighted by atomic mass is 19.2. The van der Waals surface area contributed by atoms with Crippen LogP contribution in [-0.2, 0) is 6.42 Å². The number of halogens is 5. The molecule has 0 spiro atoms. The van der Waals surface area contributed by atoms with Crippen molar-refractivity contribution in [3.05, 3.63) is 94.3 Å². The van der Waals surface area contributed by atoms with Crippen molar-refractivity contribution < 1.29 is 41.0 Å². The largest absolute Gasteiger partial charge is 0.423 e.